The first-order valence-corrected chi connectivity index (χ1v) is 5.87. The fourth-order valence-corrected chi connectivity index (χ4v) is 0.847. The zero-order valence-electron chi connectivity index (χ0n) is 9.64. The lowest BCUT2D eigenvalue weighted by atomic mass is 9.90. The van der Waals surface area contributed by atoms with Crippen molar-refractivity contribution in [3.63, 3.8) is 0 Å². The lowest BCUT2D eigenvalue weighted by Gasteiger charge is -2.26. The van der Waals surface area contributed by atoms with Crippen LogP contribution in [0, 0.1) is 5.41 Å². The van der Waals surface area contributed by atoms with Crippen molar-refractivity contribution in [2.24, 2.45) is 5.41 Å². The third kappa shape index (κ3) is 5.92. The van der Waals surface area contributed by atoms with Gasteiger partial charge < -0.3 is 4.74 Å². The van der Waals surface area contributed by atoms with Gasteiger partial charge >= 0.3 is 5.97 Å². The van der Waals surface area contributed by atoms with Crippen LogP contribution in [0.15, 0.2) is 0 Å². The number of carbonyl (C=O) groups excluding carboxylic acids is 2. The number of alkyl halides is 3. The summed E-state index contributed by atoms with van der Waals surface area (Å²) < 4.78 is 2.98. The van der Waals surface area contributed by atoms with Crippen LogP contribution >= 0.6 is 34.8 Å². The number of ether oxygens (including phenoxy) is 1. The van der Waals surface area contributed by atoms with E-state index in [2.05, 4.69) is 0 Å². The number of hydrogen-bond acceptors (Lipinski definition) is 3. The Hall–Kier alpha value is 0.01000. The van der Waals surface area contributed by atoms with Gasteiger partial charge in [-0.05, 0) is 12.3 Å². The van der Waals surface area contributed by atoms with Crippen LogP contribution in [-0.4, -0.2) is 21.6 Å². The van der Waals surface area contributed by atoms with E-state index >= 15 is 0 Å². The Morgan fingerprint density at radius 3 is 1.94 bits per heavy atom. The molecule has 0 aliphatic carbocycles. The highest BCUT2D eigenvalue weighted by atomic mass is 35.6. The molecule has 0 rings (SSSR count). The standard InChI is InChI=1S/C10H15Cl3O3/c1-6(9(2,3)4)16-8(15)5-7(14)10(11,12)13/h6H,5H2,1-4H3/t6-/m1/s1. The Bertz CT molecular complexity index is 276. The summed E-state index contributed by atoms with van der Waals surface area (Å²) in [6.07, 6.45) is -0.847. The normalized spacial score (nSPS) is 14.4. The maximum atomic E-state index is 11.3. The van der Waals surface area contributed by atoms with E-state index in [0.29, 0.717) is 0 Å². The van der Waals surface area contributed by atoms with Gasteiger partial charge in [-0.25, -0.2) is 0 Å². The van der Waals surface area contributed by atoms with Crippen LogP contribution in [0.5, 0.6) is 0 Å². The molecular weight excluding hydrogens is 274 g/mol. The molecule has 0 N–H and O–H groups in total. The molecule has 0 bridgehead atoms. The highest BCUT2D eigenvalue weighted by Crippen LogP contribution is 2.29. The predicted molar refractivity (Wildman–Crippen MR) is 64.9 cm³/mol. The molecule has 0 fully saturated rings. The molecule has 0 radical (unpaired) electrons. The first kappa shape index (κ1) is 16.0. The van der Waals surface area contributed by atoms with Gasteiger partial charge in [-0.2, -0.15) is 0 Å². The van der Waals surface area contributed by atoms with Crippen molar-refractivity contribution in [3.8, 4) is 0 Å². The minimum absolute atomic E-state index is 0.196. The van der Waals surface area contributed by atoms with E-state index in [0.717, 1.165) is 0 Å². The van der Waals surface area contributed by atoms with E-state index in [1.54, 1.807) is 6.92 Å². The lowest BCUT2D eigenvalue weighted by molar-refractivity contribution is -0.154. The van der Waals surface area contributed by atoms with E-state index in [4.69, 9.17) is 39.5 Å². The topological polar surface area (TPSA) is 43.4 Å². The van der Waals surface area contributed by atoms with E-state index in [9.17, 15) is 9.59 Å². The maximum absolute atomic E-state index is 11.3. The first-order chi connectivity index (χ1) is 6.94. The molecule has 94 valence electrons. The number of rotatable bonds is 3. The average molecular weight is 290 g/mol. The van der Waals surface area contributed by atoms with Crippen molar-refractivity contribution in [1.29, 1.82) is 0 Å². The molecule has 0 heterocycles. The van der Waals surface area contributed by atoms with Gasteiger partial charge in [-0.15, -0.1) is 0 Å². The summed E-state index contributed by atoms with van der Waals surface area (Å²) in [5.41, 5.74) is -0.196. The van der Waals surface area contributed by atoms with Gasteiger partial charge in [0.25, 0.3) is 0 Å². The SMILES string of the molecule is C[C@@H](OC(=O)CC(=O)C(Cl)(Cl)Cl)C(C)(C)C. The molecule has 0 saturated carbocycles. The zero-order chi connectivity index (χ0) is 13.1. The Morgan fingerprint density at radius 1 is 1.19 bits per heavy atom. The minimum atomic E-state index is -2.07. The number of Topliss-reactive ketones (excluding diaryl/α,β-unsaturated/α-hetero) is 1. The van der Waals surface area contributed by atoms with Gasteiger partial charge in [-0.3, -0.25) is 9.59 Å². The fourth-order valence-electron chi connectivity index (χ4n) is 0.647. The molecule has 0 amide bonds. The highest BCUT2D eigenvalue weighted by molar-refractivity contribution is 6.76. The second-order valence-electron chi connectivity index (χ2n) is 4.60. The number of ketones is 1. The van der Waals surface area contributed by atoms with E-state index < -0.39 is 22.0 Å². The number of hydrogen-bond donors (Lipinski definition) is 0. The molecule has 6 heteroatoms. The quantitative estimate of drug-likeness (QED) is 0.455. The Morgan fingerprint density at radius 2 is 1.62 bits per heavy atom. The summed E-state index contributed by atoms with van der Waals surface area (Å²) in [6.45, 7) is 7.50. The van der Waals surface area contributed by atoms with Crippen molar-refractivity contribution in [2.75, 3.05) is 0 Å². The van der Waals surface area contributed by atoms with Gasteiger partial charge in [0.2, 0.25) is 3.79 Å². The van der Waals surface area contributed by atoms with Crippen molar-refractivity contribution >= 4 is 46.6 Å². The smallest absolute Gasteiger partial charge is 0.313 e. The van der Waals surface area contributed by atoms with Crippen molar-refractivity contribution in [2.45, 2.75) is 44.0 Å². The highest BCUT2D eigenvalue weighted by Gasteiger charge is 2.33. The second-order valence-corrected chi connectivity index (χ2v) is 6.88. The Labute approximate surface area is 110 Å². The summed E-state index contributed by atoms with van der Waals surface area (Å²) in [6, 6.07) is 0. The van der Waals surface area contributed by atoms with Gasteiger partial charge in [-0.1, -0.05) is 55.6 Å². The largest absolute Gasteiger partial charge is 0.462 e. The molecule has 0 unspecified atom stereocenters. The number of esters is 1. The summed E-state index contributed by atoms with van der Waals surface area (Å²) in [7, 11) is 0. The summed E-state index contributed by atoms with van der Waals surface area (Å²) >= 11 is 16.0. The van der Waals surface area contributed by atoms with Gasteiger partial charge in [0, 0.05) is 0 Å². The third-order valence-electron chi connectivity index (χ3n) is 2.15. The Balaban J connectivity index is 4.26. The van der Waals surface area contributed by atoms with Crippen LogP contribution in [0.4, 0.5) is 0 Å². The molecule has 0 aliphatic rings. The number of halogens is 3. The fraction of sp³-hybridized carbons (Fsp3) is 0.800. The molecule has 1 atom stereocenters. The van der Waals surface area contributed by atoms with Crippen molar-refractivity contribution < 1.29 is 14.3 Å². The number of carbonyl (C=O) groups is 2. The van der Waals surface area contributed by atoms with Crippen LogP contribution in [0.3, 0.4) is 0 Å². The molecule has 0 aliphatic heterocycles. The monoisotopic (exact) mass is 288 g/mol. The van der Waals surface area contributed by atoms with Crippen LogP contribution in [0.1, 0.15) is 34.1 Å². The summed E-state index contributed by atoms with van der Waals surface area (Å²) in [4.78, 5) is 22.5. The van der Waals surface area contributed by atoms with Crippen molar-refractivity contribution in [3.05, 3.63) is 0 Å². The second kappa shape index (κ2) is 5.56. The molecule has 0 spiro atoms. The Kier molecular flexibility index (Phi) is 5.57. The molecule has 16 heavy (non-hydrogen) atoms. The van der Waals surface area contributed by atoms with Crippen LogP contribution in [0.2, 0.25) is 0 Å². The molecule has 3 nitrogen and oxygen atoms in total. The van der Waals surface area contributed by atoms with E-state index in [1.165, 1.54) is 0 Å². The first-order valence-electron chi connectivity index (χ1n) is 4.74. The minimum Gasteiger partial charge on any atom is -0.462 e. The average Bonchev–Trinajstić information content (AvgIpc) is 1.99. The molecule has 0 saturated heterocycles. The third-order valence-corrected chi connectivity index (χ3v) is 2.78. The van der Waals surface area contributed by atoms with Gasteiger partial charge in [0.05, 0.1) is 0 Å². The zero-order valence-corrected chi connectivity index (χ0v) is 11.9. The van der Waals surface area contributed by atoms with E-state index in [1.807, 2.05) is 20.8 Å². The predicted octanol–water partition coefficient (Wildman–Crippen LogP) is 3.29. The molecular formula is C10H15Cl3O3. The van der Waals surface area contributed by atoms with Crippen LogP contribution < -0.4 is 0 Å². The van der Waals surface area contributed by atoms with Crippen molar-refractivity contribution in [1.82, 2.24) is 0 Å². The molecule has 0 aromatic carbocycles. The molecule has 0 aromatic heterocycles. The van der Waals surface area contributed by atoms with Crippen LogP contribution in [-0.2, 0) is 14.3 Å². The van der Waals surface area contributed by atoms with Gasteiger partial charge in [0.15, 0.2) is 5.78 Å². The van der Waals surface area contributed by atoms with Gasteiger partial charge in [0.1, 0.15) is 12.5 Å². The summed E-state index contributed by atoms with van der Waals surface area (Å²) in [5.74, 6) is -1.47. The lowest BCUT2D eigenvalue weighted by Crippen LogP contribution is -2.31. The molecule has 0 aromatic rings. The maximum Gasteiger partial charge on any atom is 0.313 e. The summed E-state index contributed by atoms with van der Waals surface area (Å²) in [5, 5.41) is 0. The van der Waals surface area contributed by atoms with Crippen LogP contribution in [0.25, 0.3) is 0 Å². The van der Waals surface area contributed by atoms with E-state index in [-0.39, 0.29) is 11.5 Å².